The first-order valence-electron chi connectivity index (χ1n) is 9.92. The van der Waals surface area contributed by atoms with E-state index in [-0.39, 0.29) is 6.04 Å². The van der Waals surface area contributed by atoms with Crippen LogP contribution in [0.2, 0.25) is 0 Å². The third-order valence-corrected chi connectivity index (χ3v) is 6.61. The second-order valence-electron chi connectivity index (χ2n) is 8.61. The van der Waals surface area contributed by atoms with Gasteiger partial charge in [-0.15, -0.1) is 0 Å². The summed E-state index contributed by atoms with van der Waals surface area (Å²) in [7, 11) is 0. The number of anilines is 3. The molecule has 6 rings (SSSR count). The normalized spacial score (nSPS) is 32.9. The molecule has 4 aliphatic rings. The third-order valence-electron chi connectivity index (χ3n) is 6.61. The lowest BCUT2D eigenvalue weighted by Crippen LogP contribution is -2.57. The molecule has 6 nitrogen and oxygen atoms in total. The van der Waals surface area contributed by atoms with Crippen molar-refractivity contribution in [2.75, 3.05) is 10.6 Å². The average Bonchev–Trinajstić information content (AvgIpc) is 2.64. The molecule has 3 unspecified atom stereocenters. The number of rotatable bonds is 5. The van der Waals surface area contributed by atoms with Crippen molar-refractivity contribution < 1.29 is 9.18 Å². The minimum absolute atomic E-state index is 0.170. The van der Waals surface area contributed by atoms with Crippen molar-refractivity contribution in [2.24, 2.45) is 23.5 Å². The molecule has 5 atom stereocenters. The van der Waals surface area contributed by atoms with Gasteiger partial charge in [-0.2, -0.15) is 0 Å². The molecule has 0 spiro atoms. The highest BCUT2D eigenvalue weighted by Gasteiger charge is 2.56. The zero-order valence-corrected chi connectivity index (χ0v) is 15.6. The van der Waals surface area contributed by atoms with E-state index in [0.717, 1.165) is 19.3 Å². The summed E-state index contributed by atoms with van der Waals surface area (Å²) < 4.78 is 15.0. The Labute approximate surface area is 163 Å². The number of aromatic nitrogens is 2. The highest BCUT2D eigenvalue weighted by Crippen LogP contribution is 2.57. The van der Waals surface area contributed by atoms with Gasteiger partial charge in [0.15, 0.2) is 0 Å². The SMILES string of the molecule is NC(=O)c1cnc(Nc2ccccn2)cc1NC1[C@@H]2CC3C[C@H]1CC(F)(C3)C2. The number of hydrogen-bond donors (Lipinski definition) is 3. The molecule has 7 heteroatoms. The minimum atomic E-state index is -0.981. The molecule has 0 saturated heterocycles. The zero-order valence-electron chi connectivity index (χ0n) is 15.6. The minimum Gasteiger partial charge on any atom is -0.381 e. The molecule has 4 bridgehead atoms. The molecule has 4 fully saturated rings. The summed E-state index contributed by atoms with van der Waals surface area (Å²) in [5, 5.41) is 6.69. The van der Waals surface area contributed by atoms with Crippen LogP contribution >= 0.6 is 0 Å². The van der Waals surface area contributed by atoms with E-state index in [1.807, 2.05) is 18.2 Å². The Morgan fingerprint density at radius 2 is 1.93 bits per heavy atom. The van der Waals surface area contributed by atoms with Crippen molar-refractivity contribution in [3.05, 3.63) is 42.2 Å². The van der Waals surface area contributed by atoms with Gasteiger partial charge in [0.1, 0.15) is 17.3 Å². The quantitative estimate of drug-likeness (QED) is 0.735. The second-order valence-corrected chi connectivity index (χ2v) is 8.61. The maximum atomic E-state index is 15.0. The molecule has 4 saturated carbocycles. The molecule has 28 heavy (non-hydrogen) atoms. The van der Waals surface area contributed by atoms with E-state index in [0.29, 0.717) is 53.5 Å². The molecule has 2 aromatic heterocycles. The van der Waals surface area contributed by atoms with Crippen molar-refractivity contribution in [3.63, 3.8) is 0 Å². The predicted octanol–water partition coefficient (Wildman–Crippen LogP) is 3.65. The zero-order chi connectivity index (χ0) is 19.3. The van der Waals surface area contributed by atoms with Gasteiger partial charge in [-0.05, 0) is 62.0 Å². The number of alkyl halides is 1. The summed E-state index contributed by atoms with van der Waals surface area (Å²) in [5.74, 6) is 1.84. The van der Waals surface area contributed by atoms with Gasteiger partial charge in [-0.1, -0.05) is 6.07 Å². The molecule has 0 aromatic carbocycles. The van der Waals surface area contributed by atoms with Crippen molar-refractivity contribution in [1.82, 2.24) is 9.97 Å². The average molecular weight is 381 g/mol. The lowest BCUT2D eigenvalue weighted by Gasteiger charge is -2.57. The van der Waals surface area contributed by atoms with E-state index in [2.05, 4.69) is 20.6 Å². The van der Waals surface area contributed by atoms with E-state index in [4.69, 9.17) is 5.73 Å². The summed E-state index contributed by atoms with van der Waals surface area (Å²) in [4.78, 5) is 20.5. The molecule has 0 aliphatic heterocycles. The molecule has 146 valence electrons. The van der Waals surface area contributed by atoms with Gasteiger partial charge in [-0.3, -0.25) is 4.79 Å². The van der Waals surface area contributed by atoms with Gasteiger partial charge in [-0.25, -0.2) is 14.4 Å². The maximum Gasteiger partial charge on any atom is 0.252 e. The molecule has 4 aliphatic carbocycles. The number of pyridine rings is 2. The lowest BCUT2D eigenvalue weighted by atomic mass is 9.53. The Hall–Kier alpha value is -2.70. The van der Waals surface area contributed by atoms with Gasteiger partial charge in [0.25, 0.3) is 5.91 Å². The first-order chi connectivity index (χ1) is 13.5. The van der Waals surface area contributed by atoms with Crippen LogP contribution in [0.1, 0.15) is 42.5 Å². The molecule has 1 amide bonds. The van der Waals surface area contributed by atoms with E-state index in [1.54, 1.807) is 12.3 Å². The monoisotopic (exact) mass is 381 g/mol. The van der Waals surface area contributed by atoms with Crippen LogP contribution in [0.5, 0.6) is 0 Å². The molecule has 4 N–H and O–H groups in total. The van der Waals surface area contributed by atoms with Crippen LogP contribution in [0.25, 0.3) is 0 Å². The number of primary amides is 1. The maximum absolute atomic E-state index is 15.0. The van der Waals surface area contributed by atoms with Crippen LogP contribution in [-0.4, -0.2) is 27.6 Å². The van der Waals surface area contributed by atoms with E-state index < -0.39 is 11.6 Å². The molecular weight excluding hydrogens is 357 g/mol. The summed E-state index contributed by atoms with van der Waals surface area (Å²) >= 11 is 0. The van der Waals surface area contributed by atoms with E-state index >= 15 is 0 Å². The Morgan fingerprint density at radius 1 is 1.14 bits per heavy atom. The Balaban J connectivity index is 1.42. The standard InChI is InChI=1S/C21H24FN5O/c22-21-8-12-5-13(9-21)19(14(6-12)10-21)26-16-7-18(25-11-15(16)20(23)28)27-17-3-1-2-4-24-17/h1-4,7,11-14,19H,5-6,8-10H2,(H2,23,28)(H2,24,25,26,27)/t12?,13-,14+,19?,21?. The fraction of sp³-hybridized carbons (Fsp3) is 0.476. The van der Waals surface area contributed by atoms with Gasteiger partial charge >= 0.3 is 0 Å². The lowest BCUT2D eigenvalue weighted by molar-refractivity contribution is -0.0800. The van der Waals surface area contributed by atoms with Crippen molar-refractivity contribution in [3.8, 4) is 0 Å². The summed E-state index contributed by atoms with van der Waals surface area (Å²) in [5.41, 5.74) is 5.61. The first kappa shape index (κ1) is 17.4. The largest absolute Gasteiger partial charge is 0.381 e. The van der Waals surface area contributed by atoms with Gasteiger partial charge in [0.2, 0.25) is 0 Å². The number of nitrogens with zero attached hydrogens (tertiary/aromatic N) is 2. The van der Waals surface area contributed by atoms with Gasteiger partial charge in [0.05, 0.1) is 11.3 Å². The second kappa shape index (κ2) is 6.43. The van der Waals surface area contributed by atoms with E-state index in [1.165, 1.54) is 6.20 Å². The number of carbonyl (C=O) groups is 1. The van der Waals surface area contributed by atoms with Gasteiger partial charge in [0, 0.05) is 24.5 Å². The van der Waals surface area contributed by atoms with Crippen LogP contribution in [0.3, 0.4) is 0 Å². The van der Waals surface area contributed by atoms with Crippen molar-refractivity contribution in [1.29, 1.82) is 0 Å². The topological polar surface area (TPSA) is 92.9 Å². The van der Waals surface area contributed by atoms with Crippen LogP contribution in [-0.2, 0) is 0 Å². The number of nitrogens with one attached hydrogen (secondary N) is 2. The van der Waals surface area contributed by atoms with E-state index in [9.17, 15) is 9.18 Å². The molecular formula is C21H24FN5O. The number of carbonyl (C=O) groups excluding carboxylic acids is 1. The van der Waals surface area contributed by atoms with Gasteiger partial charge < -0.3 is 16.4 Å². The van der Waals surface area contributed by atoms with Crippen LogP contribution in [0, 0.1) is 17.8 Å². The van der Waals surface area contributed by atoms with Crippen LogP contribution < -0.4 is 16.4 Å². The Morgan fingerprint density at radius 3 is 2.57 bits per heavy atom. The fourth-order valence-electron chi connectivity index (χ4n) is 5.75. The highest BCUT2D eigenvalue weighted by atomic mass is 19.1. The van der Waals surface area contributed by atoms with Crippen molar-refractivity contribution in [2.45, 2.75) is 43.8 Å². The number of nitrogens with two attached hydrogens (primary N) is 1. The Kier molecular flexibility index (Phi) is 4.00. The first-order valence-corrected chi connectivity index (χ1v) is 9.92. The molecule has 0 radical (unpaired) electrons. The highest BCUT2D eigenvalue weighted by molar-refractivity contribution is 5.98. The molecule has 2 heterocycles. The fourth-order valence-corrected chi connectivity index (χ4v) is 5.75. The number of amides is 1. The smallest absolute Gasteiger partial charge is 0.252 e. The summed E-state index contributed by atoms with van der Waals surface area (Å²) in [6.07, 6.45) is 7.28. The molecule has 2 aromatic rings. The third kappa shape index (κ3) is 3.08. The summed E-state index contributed by atoms with van der Waals surface area (Å²) in [6, 6.07) is 7.53. The number of halogens is 1. The Bertz CT molecular complexity index is 889. The van der Waals surface area contributed by atoms with Crippen LogP contribution in [0.15, 0.2) is 36.7 Å². The summed E-state index contributed by atoms with van der Waals surface area (Å²) in [6.45, 7) is 0. The van der Waals surface area contributed by atoms with Crippen molar-refractivity contribution >= 4 is 23.2 Å². The number of hydrogen-bond acceptors (Lipinski definition) is 5. The van der Waals surface area contributed by atoms with Crippen LogP contribution in [0.4, 0.5) is 21.7 Å². The predicted molar refractivity (Wildman–Crippen MR) is 105 cm³/mol.